The van der Waals surface area contributed by atoms with E-state index in [-0.39, 0.29) is 4.32 Å². The second-order valence-electron chi connectivity index (χ2n) is 8.52. The Labute approximate surface area is 172 Å². The van der Waals surface area contributed by atoms with Crippen molar-refractivity contribution in [3.8, 4) is 0 Å². The lowest BCUT2D eigenvalue weighted by Crippen LogP contribution is -2.28. The molecule has 1 rings (SSSR count). The van der Waals surface area contributed by atoms with E-state index in [2.05, 4.69) is 67.0 Å². The van der Waals surface area contributed by atoms with E-state index in [4.69, 9.17) is 0 Å². The zero-order valence-corrected chi connectivity index (χ0v) is 19.3. The van der Waals surface area contributed by atoms with Gasteiger partial charge in [-0.2, -0.15) is 0 Å². The van der Waals surface area contributed by atoms with Gasteiger partial charge in [0.1, 0.15) is 0 Å². The number of benzene rings is 1. The summed E-state index contributed by atoms with van der Waals surface area (Å²) < 4.78 is 0.214. The molecular formula is C25H43Br. The molecule has 0 saturated carbocycles. The van der Waals surface area contributed by atoms with Gasteiger partial charge in [0.25, 0.3) is 0 Å². The highest BCUT2D eigenvalue weighted by Gasteiger charge is 2.27. The lowest BCUT2D eigenvalue weighted by atomic mass is 9.86. The lowest BCUT2D eigenvalue weighted by Gasteiger charge is -2.30. The SMILES string of the molecule is CCCCCCCCCCCCCCC(C)C(C)(Br)Cc1ccccc1. The molecule has 2 atom stereocenters. The minimum Gasteiger partial charge on any atom is -0.0850 e. The summed E-state index contributed by atoms with van der Waals surface area (Å²) in [7, 11) is 0. The van der Waals surface area contributed by atoms with Gasteiger partial charge in [0, 0.05) is 4.32 Å². The molecule has 150 valence electrons. The standard InChI is InChI=1S/C25H43Br/c1-4-5-6-7-8-9-10-11-12-13-14-16-19-23(2)25(3,26)22-24-20-17-15-18-21-24/h15,17-18,20-21,23H,4-14,16,19,22H2,1-3H3. The third-order valence-corrected chi connectivity index (χ3v) is 6.97. The monoisotopic (exact) mass is 422 g/mol. The second kappa shape index (κ2) is 14.7. The van der Waals surface area contributed by atoms with Gasteiger partial charge in [-0.05, 0) is 31.2 Å². The van der Waals surface area contributed by atoms with E-state index in [9.17, 15) is 0 Å². The summed E-state index contributed by atoms with van der Waals surface area (Å²) in [5, 5.41) is 0. The van der Waals surface area contributed by atoms with E-state index < -0.39 is 0 Å². The van der Waals surface area contributed by atoms with E-state index in [0.29, 0.717) is 5.92 Å². The van der Waals surface area contributed by atoms with Crippen molar-refractivity contribution in [1.29, 1.82) is 0 Å². The summed E-state index contributed by atoms with van der Waals surface area (Å²) in [5.74, 6) is 0.714. The predicted octanol–water partition coefficient (Wildman–Crippen LogP) is 9.11. The Morgan fingerprint density at radius 3 is 1.73 bits per heavy atom. The molecule has 1 aromatic carbocycles. The van der Waals surface area contributed by atoms with Crippen LogP contribution in [0.2, 0.25) is 0 Å². The minimum atomic E-state index is 0.214. The highest BCUT2D eigenvalue weighted by atomic mass is 79.9. The van der Waals surface area contributed by atoms with Gasteiger partial charge in [0.05, 0.1) is 0 Å². The van der Waals surface area contributed by atoms with Crippen LogP contribution < -0.4 is 0 Å². The first kappa shape index (κ1) is 23.7. The number of hydrogen-bond donors (Lipinski definition) is 0. The average Bonchev–Trinajstić information content (AvgIpc) is 2.63. The Hall–Kier alpha value is -0.300. The Morgan fingerprint density at radius 1 is 0.769 bits per heavy atom. The fourth-order valence-electron chi connectivity index (χ4n) is 3.76. The van der Waals surface area contributed by atoms with Crippen molar-refractivity contribution in [3.05, 3.63) is 35.9 Å². The molecule has 0 aromatic heterocycles. The van der Waals surface area contributed by atoms with Gasteiger partial charge in [-0.15, -0.1) is 0 Å². The van der Waals surface area contributed by atoms with Crippen molar-refractivity contribution >= 4 is 15.9 Å². The van der Waals surface area contributed by atoms with E-state index in [0.717, 1.165) is 6.42 Å². The Bertz CT molecular complexity index is 423. The number of halogens is 1. The minimum absolute atomic E-state index is 0.214. The first-order valence-corrected chi connectivity index (χ1v) is 12.1. The summed E-state index contributed by atoms with van der Waals surface area (Å²) in [6, 6.07) is 10.9. The molecule has 0 nitrogen and oxygen atoms in total. The van der Waals surface area contributed by atoms with Crippen LogP contribution >= 0.6 is 15.9 Å². The average molecular weight is 424 g/mol. The summed E-state index contributed by atoms with van der Waals surface area (Å²) in [4.78, 5) is 0. The normalized spacial score (nSPS) is 14.9. The lowest BCUT2D eigenvalue weighted by molar-refractivity contribution is 0.391. The van der Waals surface area contributed by atoms with Crippen molar-refractivity contribution in [2.45, 2.75) is 115 Å². The van der Waals surface area contributed by atoms with Gasteiger partial charge in [0.2, 0.25) is 0 Å². The van der Waals surface area contributed by atoms with Gasteiger partial charge in [-0.1, -0.05) is 137 Å². The molecular weight excluding hydrogens is 380 g/mol. The molecule has 0 heterocycles. The van der Waals surface area contributed by atoms with Gasteiger partial charge < -0.3 is 0 Å². The molecule has 0 bridgehead atoms. The quantitative estimate of drug-likeness (QED) is 0.184. The molecule has 0 aliphatic rings. The molecule has 26 heavy (non-hydrogen) atoms. The Kier molecular flexibility index (Phi) is 13.4. The molecule has 0 radical (unpaired) electrons. The Morgan fingerprint density at radius 2 is 1.23 bits per heavy atom. The second-order valence-corrected chi connectivity index (χ2v) is 10.3. The van der Waals surface area contributed by atoms with Crippen LogP contribution in [0.4, 0.5) is 0 Å². The van der Waals surface area contributed by atoms with E-state index in [1.165, 1.54) is 89.0 Å². The zero-order chi connectivity index (χ0) is 19.1. The van der Waals surface area contributed by atoms with Crippen molar-refractivity contribution in [2.75, 3.05) is 0 Å². The predicted molar refractivity (Wildman–Crippen MR) is 122 cm³/mol. The van der Waals surface area contributed by atoms with E-state index in [1.54, 1.807) is 0 Å². The fraction of sp³-hybridized carbons (Fsp3) is 0.760. The van der Waals surface area contributed by atoms with Crippen molar-refractivity contribution in [3.63, 3.8) is 0 Å². The number of hydrogen-bond acceptors (Lipinski definition) is 0. The van der Waals surface area contributed by atoms with Crippen LogP contribution in [0.5, 0.6) is 0 Å². The molecule has 1 heteroatoms. The third-order valence-electron chi connectivity index (χ3n) is 5.91. The molecule has 0 amide bonds. The number of unbranched alkanes of at least 4 members (excludes halogenated alkanes) is 11. The Balaban J connectivity index is 1.99. The van der Waals surface area contributed by atoms with Crippen LogP contribution in [-0.2, 0) is 6.42 Å². The van der Waals surface area contributed by atoms with Gasteiger partial charge >= 0.3 is 0 Å². The molecule has 2 unspecified atom stereocenters. The molecule has 0 aliphatic carbocycles. The summed E-state index contributed by atoms with van der Waals surface area (Å²) in [6.07, 6.45) is 19.7. The zero-order valence-electron chi connectivity index (χ0n) is 17.7. The molecule has 0 spiro atoms. The third kappa shape index (κ3) is 11.4. The first-order valence-electron chi connectivity index (χ1n) is 11.3. The first-order chi connectivity index (χ1) is 12.6. The van der Waals surface area contributed by atoms with Crippen LogP contribution in [0.3, 0.4) is 0 Å². The van der Waals surface area contributed by atoms with Crippen molar-refractivity contribution in [2.24, 2.45) is 5.92 Å². The highest BCUT2D eigenvalue weighted by Crippen LogP contribution is 2.34. The van der Waals surface area contributed by atoms with Crippen molar-refractivity contribution < 1.29 is 0 Å². The maximum absolute atomic E-state index is 4.02. The van der Waals surface area contributed by atoms with Crippen LogP contribution in [0.1, 0.15) is 110 Å². The van der Waals surface area contributed by atoms with E-state index in [1.807, 2.05) is 0 Å². The highest BCUT2D eigenvalue weighted by molar-refractivity contribution is 9.10. The summed E-state index contributed by atoms with van der Waals surface area (Å²) in [5.41, 5.74) is 1.44. The smallest absolute Gasteiger partial charge is 0.0295 e. The van der Waals surface area contributed by atoms with Gasteiger partial charge in [0.15, 0.2) is 0 Å². The maximum Gasteiger partial charge on any atom is 0.0295 e. The van der Waals surface area contributed by atoms with E-state index >= 15 is 0 Å². The maximum atomic E-state index is 4.02. The van der Waals surface area contributed by atoms with Crippen LogP contribution in [-0.4, -0.2) is 4.32 Å². The number of alkyl halides is 1. The van der Waals surface area contributed by atoms with Crippen LogP contribution in [0, 0.1) is 5.92 Å². The van der Waals surface area contributed by atoms with Crippen LogP contribution in [0.25, 0.3) is 0 Å². The summed E-state index contributed by atoms with van der Waals surface area (Å²) in [6.45, 7) is 7.07. The molecule has 1 aromatic rings. The fourth-order valence-corrected chi connectivity index (χ4v) is 4.31. The number of rotatable bonds is 16. The summed E-state index contributed by atoms with van der Waals surface area (Å²) >= 11 is 4.02. The van der Waals surface area contributed by atoms with Crippen LogP contribution in [0.15, 0.2) is 30.3 Å². The van der Waals surface area contributed by atoms with Crippen molar-refractivity contribution in [1.82, 2.24) is 0 Å². The largest absolute Gasteiger partial charge is 0.0850 e. The van der Waals surface area contributed by atoms with Gasteiger partial charge in [-0.25, -0.2) is 0 Å². The topological polar surface area (TPSA) is 0 Å². The molecule has 0 fully saturated rings. The molecule has 0 N–H and O–H groups in total. The molecule has 0 saturated heterocycles. The van der Waals surface area contributed by atoms with Gasteiger partial charge in [-0.3, -0.25) is 0 Å². The molecule has 0 aliphatic heterocycles.